The van der Waals surface area contributed by atoms with Gasteiger partial charge in [0.05, 0.1) is 29.8 Å². The molecule has 7 nitrogen and oxygen atoms in total. The van der Waals surface area contributed by atoms with E-state index < -0.39 is 9.84 Å². The Labute approximate surface area is 173 Å². The van der Waals surface area contributed by atoms with Crippen molar-refractivity contribution < 1.29 is 13.2 Å². The van der Waals surface area contributed by atoms with Crippen LogP contribution in [0.3, 0.4) is 0 Å². The van der Waals surface area contributed by atoms with E-state index in [4.69, 9.17) is 0 Å². The highest BCUT2D eigenvalue weighted by Gasteiger charge is 2.31. The Morgan fingerprint density at radius 2 is 2.00 bits per heavy atom. The minimum atomic E-state index is -2.96. The molecule has 8 heteroatoms. The van der Waals surface area contributed by atoms with Crippen molar-refractivity contribution in [2.24, 2.45) is 0 Å². The molecule has 1 saturated heterocycles. The van der Waals surface area contributed by atoms with Gasteiger partial charge in [-0.2, -0.15) is 5.10 Å². The molecule has 0 radical (unpaired) electrons. The van der Waals surface area contributed by atoms with Crippen LogP contribution in [0.2, 0.25) is 0 Å². The minimum Gasteiger partial charge on any atom is -0.325 e. The molecular weight excluding hydrogens is 388 g/mol. The molecule has 29 heavy (non-hydrogen) atoms. The Kier molecular flexibility index (Phi) is 6.14. The smallest absolute Gasteiger partial charge is 0.238 e. The van der Waals surface area contributed by atoms with Gasteiger partial charge in [-0.05, 0) is 52.8 Å². The molecule has 2 aromatic rings. The van der Waals surface area contributed by atoms with Crippen LogP contribution in [-0.2, 0) is 21.2 Å². The Bertz CT molecular complexity index is 1030. The van der Waals surface area contributed by atoms with E-state index in [1.54, 1.807) is 0 Å². The number of rotatable bonds is 6. The van der Waals surface area contributed by atoms with Crippen molar-refractivity contribution in [2.45, 2.75) is 46.7 Å². The van der Waals surface area contributed by atoms with Crippen molar-refractivity contribution in [1.29, 1.82) is 0 Å². The molecule has 1 N–H and O–H groups in total. The minimum absolute atomic E-state index is 0.0657. The number of hydrogen-bond donors (Lipinski definition) is 1. The summed E-state index contributed by atoms with van der Waals surface area (Å²) in [4.78, 5) is 14.4. The van der Waals surface area contributed by atoms with Crippen LogP contribution in [0.15, 0.2) is 18.2 Å². The lowest BCUT2D eigenvalue weighted by molar-refractivity contribution is -0.117. The number of nitrogens with one attached hydrogen (secondary N) is 1. The largest absolute Gasteiger partial charge is 0.325 e. The summed E-state index contributed by atoms with van der Waals surface area (Å²) in [6.45, 7) is 8.76. The number of amides is 1. The Balaban J connectivity index is 1.64. The predicted molar refractivity (Wildman–Crippen MR) is 115 cm³/mol. The normalized spacial score (nSPS) is 18.3. The summed E-state index contributed by atoms with van der Waals surface area (Å²) >= 11 is 0. The lowest BCUT2D eigenvalue weighted by Crippen LogP contribution is -2.30. The number of carbonyl (C=O) groups excluding carboxylic acids is 1. The molecular formula is C21H30N4O3S. The fraction of sp³-hybridized carbons (Fsp3) is 0.524. The molecule has 158 valence electrons. The van der Waals surface area contributed by atoms with Crippen LogP contribution in [0, 0.1) is 27.7 Å². The van der Waals surface area contributed by atoms with Crippen LogP contribution in [0.25, 0.3) is 0 Å². The number of anilines is 1. The van der Waals surface area contributed by atoms with E-state index in [2.05, 4.69) is 10.4 Å². The third kappa shape index (κ3) is 5.05. The third-order valence-corrected chi connectivity index (χ3v) is 7.28. The van der Waals surface area contributed by atoms with Gasteiger partial charge in [0.2, 0.25) is 5.91 Å². The molecule has 2 heterocycles. The number of nitrogens with zero attached hydrogens (tertiary/aromatic N) is 3. The van der Waals surface area contributed by atoms with Crippen molar-refractivity contribution >= 4 is 21.4 Å². The molecule has 0 unspecified atom stereocenters. The van der Waals surface area contributed by atoms with Gasteiger partial charge in [-0.15, -0.1) is 0 Å². The highest BCUT2D eigenvalue weighted by Crippen LogP contribution is 2.27. The van der Waals surface area contributed by atoms with Crippen LogP contribution in [0.5, 0.6) is 0 Å². The summed E-state index contributed by atoms with van der Waals surface area (Å²) < 4.78 is 25.5. The van der Waals surface area contributed by atoms with E-state index >= 15 is 0 Å². The van der Waals surface area contributed by atoms with Crippen LogP contribution in [0.1, 0.15) is 40.5 Å². The number of likely N-dealkylation sites (N-methyl/N-ethyl adjacent to an activating group) is 1. The number of aryl methyl sites for hydroxylation is 3. The molecule has 0 bridgehead atoms. The first-order valence-corrected chi connectivity index (χ1v) is 11.7. The molecule has 0 saturated carbocycles. The van der Waals surface area contributed by atoms with Gasteiger partial charge in [-0.1, -0.05) is 17.7 Å². The van der Waals surface area contributed by atoms with Crippen molar-refractivity contribution in [1.82, 2.24) is 14.7 Å². The lowest BCUT2D eigenvalue weighted by atomic mass is 10.1. The van der Waals surface area contributed by atoms with Gasteiger partial charge >= 0.3 is 0 Å². The van der Waals surface area contributed by atoms with E-state index in [0.29, 0.717) is 13.0 Å². The van der Waals surface area contributed by atoms with Crippen LogP contribution < -0.4 is 5.32 Å². The predicted octanol–water partition coefficient (Wildman–Crippen LogP) is 2.55. The van der Waals surface area contributed by atoms with E-state index in [1.165, 1.54) is 0 Å². The summed E-state index contributed by atoms with van der Waals surface area (Å²) in [5.74, 6) is 0.316. The van der Waals surface area contributed by atoms with E-state index in [0.717, 1.165) is 33.8 Å². The van der Waals surface area contributed by atoms with Gasteiger partial charge in [0.25, 0.3) is 0 Å². The Morgan fingerprint density at radius 3 is 2.62 bits per heavy atom. The SMILES string of the molecule is Cc1ccc(NC(=O)CN(C)Cc2c(C)nn([C@H]3CCS(=O)(=O)C3)c2C)c(C)c1. The molecule has 1 aromatic heterocycles. The zero-order chi connectivity index (χ0) is 21.3. The number of benzene rings is 1. The first-order chi connectivity index (χ1) is 13.6. The van der Waals surface area contributed by atoms with Crippen molar-refractivity contribution in [3.8, 4) is 0 Å². The second kappa shape index (κ2) is 8.28. The van der Waals surface area contributed by atoms with Gasteiger partial charge < -0.3 is 5.32 Å². The van der Waals surface area contributed by atoms with Gasteiger partial charge in [-0.3, -0.25) is 14.4 Å². The maximum atomic E-state index is 12.5. The standard InChI is InChI=1S/C21H30N4O3S/c1-14-6-7-20(15(2)10-14)22-21(26)12-24(5)11-19-16(3)23-25(17(19)4)18-8-9-29(27,28)13-18/h6-7,10,18H,8-9,11-13H2,1-5H3,(H,22,26)/t18-/m0/s1. The van der Waals surface area contributed by atoms with Crippen LogP contribution >= 0.6 is 0 Å². The molecule has 1 amide bonds. The summed E-state index contributed by atoms with van der Waals surface area (Å²) in [6.07, 6.45) is 0.609. The second-order valence-electron chi connectivity index (χ2n) is 8.19. The van der Waals surface area contributed by atoms with Gasteiger partial charge in [0, 0.05) is 23.5 Å². The first-order valence-electron chi connectivity index (χ1n) is 9.86. The number of sulfone groups is 1. The van der Waals surface area contributed by atoms with E-state index in [9.17, 15) is 13.2 Å². The quantitative estimate of drug-likeness (QED) is 0.779. The Morgan fingerprint density at radius 1 is 1.28 bits per heavy atom. The third-order valence-electron chi connectivity index (χ3n) is 5.53. The fourth-order valence-corrected chi connectivity index (χ4v) is 5.66. The molecule has 0 spiro atoms. The zero-order valence-electron chi connectivity index (χ0n) is 17.8. The van der Waals surface area contributed by atoms with Gasteiger partial charge in [0.1, 0.15) is 0 Å². The average Bonchev–Trinajstić information content (AvgIpc) is 3.11. The molecule has 3 rings (SSSR count). The van der Waals surface area contributed by atoms with Crippen molar-refractivity contribution in [2.75, 3.05) is 30.4 Å². The van der Waals surface area contributed by atoms with Crippen molar-refractivity contribution in [3.05, 3.63) is 46.3 Å². The highest BCUT2D eigenvalue weighted by atomic mass is 32.2. The van der Waals surface area contributed by atoms with Gasteiger partial charge in [0.15, 0.2) is 9.84 Å². The fourth-order valence-electron chi connectivity index (χ4n) is 3.96. The molecule has 0 aliphatic carbocycles. The summed E-state index contributed by atoms with van der Waals surface area (Å²) in [5, 5.41) is 7.58. The topological polar surface area (TPSA) is 84.3 Å². The molecule has 1 atom stereocenters. The summed E-state index contributed by atoms with van der Waals surface area (Å²) in [6, 6.07) is 5.86. The highest BCUT2D eigenvalue weighted by molar-refractivity contribution is 7.91. The maximum Gasteiger partial charge on any atom is 0.238 e. The number of aromatic nitrogens is 2. The molecule has 1 fully saturated rings. The first kappa shape index (κ1) is 21.5. The molecule has 1 aliphatic rings. The second-order valence-corrected chi connectivity index (χ2v) is 10.4. The maximum absolute atomic E-state index is 12.5. The van der Waals surface area contributed by atoms with Crippen LogP contribution in [0.4, 0.5) is 5.69 Å². The summed E-state index contributed by atoms with van der Waals surface area (Å²) in [5.41, 5.74) is 5.95. The van der Waals surface area contributed by atoms with Gasteiger partial charge in [-0.25, -0.2) is 8.42 Å². The molecule has 1 aliphatic heterocycles. The summed E-state index contributed by atoms with van der Waals surface area (Å²) in [7, 11) is -1.06. The Hall–Kier alpha value is -2.19. The lowest BCUT2D eigenvalue weighted by Gasteiger charge is -2.18. The van der Waals surface area contributed by atoms with E-state index in [1.807, 2.05) is 62.5 Å². The number of hydrogen-bond acceptors (Lipinski definition) is 5. The molecule has 1 aromatic carbocycles. The average molecular weight is 419 g/mol. The van der Waals surface area contributed by atoms with E-state index in [-0.39, 0.29) is 30.0 Å². The zero-order valence-corrected chi connectivity index (χ0v) is 18.6. The number of carbonyl (C=O) groups is 1. The van der Waals surface area contributed by atoms with Crippen LogP contribution in [-0.4, -0.2) is 54.1 Å². The van der Waals surface area contributed by atoms with Crippen molar-refractivity contribution in [3.63, 3.8) is 0 Å². The monoisotopic (exact) mass is 418 g/mol.